The zero-order chi connectivity index (χ0) is 24.9. The number of nitrogens with one attached hydrogen (secondary N) is 2. The second kappa shape index (κ2) is 8.31. The Balaban J connectivity index is 1.56. The summed E-state index contributed by atoms with van der Waals surface area (Å²) < 4.78 is 4.99. The number of para-hydroxylation sites is 1. The molecule has 3 heterocycles. The van der Waals surface area contributed by atoms with Crippen molar-refractivity contribution < 1.29 is 28.7 Å². The van der Waals surface area contributed by atoms with Crippen LogP contribution in [-0.2, 0) is 29.5 Å². The molecule has 0 aliphatic carbocycles. The van der Waals surface area contributed by atoms with Gasteiger partial charge in [-0.15, -0.1) is 0 Å². The number of nitrogens with two attached hydrogens (primary N) is 1. The average molecular weight is 476 g/mol. The van der Waals surface area contributed by atoms with Crippen molar-refractivity contribution in [3.8, 4) is 0 Å². The van der Waals surface area contributed by atoms with Crippen molar-refractivity contribution in [2.24, 2.45) is 17.6 Å². The molecule has 2 fully saturated rings. The summed E-state index contributed by atoms with van der Waals surface area (Å²) in [6.07, 6.45) is 0.193. The van der Waals surface area contributed by atoms with Gasteiger partial charge < -0.3 is 15.8 Å². The van der Waals surface area contributed by atoms with Crippen molar-refractivity contribution >= 4 is 41.0 Å². The number of hydrogen-bond donors (Lipinski definition) is 3. The number of carbonyl (C=O) groups is 5. The number of nitrogens with zero attached hydrogens (tertiary/aromatic N) is 1. The first-order chi connectivity index (χ1) is 16.8. The van der Waals surface area contributed by atoms with Crippen LogP contribution >= 0.6 is 0 Å². The minimum Gasteiger partial charge on any atom is -0.462 e. The van der Waals surface area contributed by atoms with Gasteiger partial charge in [-0.3, -0.25) is 24.5 Å². The van der Waals surface area contributed by atoms with Gasteiger partial charge in [0.15, 0.2) is 0 Å². The molecule has 1 spiro atoms. The van der Waals surface area contributed by atoms with Crippen molar-refractivity contribution in [3.05, 3.63) is 59.7 Å². The summed E-state index contributed by atoms with van der Waals surface area (Å²) in [5, 5.41) is 6.07. The topological polar surface area (TPSA) is 148 Å². The standard InChI is InChI=1S/C25H24N4O6/c1-2-35-23(33)13-7-9-14(10-8-13)29-21(31)19-17(11-12-18(26)30)28-25(20(19)22(29)32)15-5-3-4-6-16(15)27-24(25)34/h3-10,17,19-20,28H,2,11-12H2,1H3,(H2,26,30)(H,27,34)/t17-,19+,20-,25+/m1/s1. The number of amides is 4. The lowest BCUT2D eigenvalue weighted by molar-refractivity contribution is -0.130. The quantitative estimate of drug-likeness (QED) is 0.417. The fraction of sp³-hybridized carbons (Fsp3) is 0.320. The number of imide groups is 1. The van der Waals surface area contributed by atoms with Gasteiger partial charge in [-0.25, -0.2) is 9.69 Å². The lowest BCUT2D eigenvalue weighted by Crippen LogP contribution is -2.53. The number of carbonyl (C=O) groups excluding carboxylic acids is 5. The molecule has 4 N–H and O–H groups in total. The molecule has 4 amide bonds. The number of ether oxygens (including phenoxy) is 1. The monoisotopic (exact) mass is 476 g/mol. The molecule has 0 radical (unpaired) electrons. The molecule has 0 unspecified atom stereocenters. The van der Waals surface area contributed by atoms with Crippen molar-refractivity contribution in [3.63, 3.8) is 0 Å². The summed E-state index contributed by atoms with van der Waals surface area (Å²) in [5.41, 5.74) is 5.63. The van der Waals surface area contributed by atoms with Crippen LogP contribution in [0.15, 0.2) is 48.5 Å². The van der Waals surface area contributed by atoms with Gasteiger partial charge in [0, 0.05) is 23.7 Å². The normalized spacial score (nSPS) is 26.6. The van der Waals surface area contributed by atoms with Crippen molar-refractivity contribution in [2.45, 2.75) is 31.3 Å². The fourth-order valence-electron chi connectivity index (χ4n) is 5.52. The molecule has 2 aromatic rings. The van der Waals surface area contributed by atoms with E-state index >= 15 is 0 Å². The molecule has 5 rings (SSSR count). The third-order valence-corrected chi connectivity index (χ3v) is 6.96. The molecule has 0 bridgehead atoms. The van der Waals surface area contributed by atoms with Gasteiger partial charge in [0.2, 0.25) is 23.6 Å². The molecule has 4 atom stereocenters. The molecule has 2 aromatic carbocycles. The van der Waals surface area contributed by atoms with Crippen LogP contribution in [0.4, 0.5) is 11.4 Å². The van der Waals surface area contributed by atoms with Crippen LogP contribution in [0.2, 0.25) is 0 Å². The predicted octanol–water partition coefficient (Wildman–Crippen LogP) is 1.05. The molecule has 180 valence electrons. The largest absolute Gasteiger partial charge is 0.462 e. The van der Waals surface area contributed by atoms with E-state index in [1.165, 1.54) is 24.3 Å². The minimum absolute atomic E-state index is 0.00403. The summed E-state index contributed by atoms with van der Waals surface area (Å²) in [6.45, 7) is 1.92. The number of primary amides is 1. The summed E-state index contributed by atoms with van der Waals surface area (Å²) in [6, 6.07) is 12.4. The molecule has 3 aliphatic heterocycles. The molecule has 0 saturated carbocycles. The fourth-order valence-corrected chi connectivity index (χ4v) is 5.52. The maximum absolute atomic E-state index is 13.8. The first-order valence-corrected chi connectivity index (χ1v) is 11.4. The maximum atomic E-state index is 13.8. The Kier molecular flexibility index (Phi) is 5.40. The van der Waals surface area contributed by atoms with E-state index in [-0.39, 0.29) is 30.7 Å². The third-order valence-electron chi connectivity index (χ3n) is 6.96. The summed E-state index contributed by atoms with van der Waals surface area (Å²) in [5.74, 6) is -4.35. The molecule has 10 nitrogen and oxygen atoms in total. The van der Waals surface area contributed by atoms with Crippen LogP contribution in [0, 0.1) is 11.8 Å². The highest BCUT2D eigenvalue weighted by Gasteiger charge is 2.70. The lowest BCUT2D eigenvalue weighted by atomic mass is 9.76. The van der Waals surface area contributed by atoms with Crippen LogP contribution < -0.4 is 21.3 Å². The molecule has 2 saturated heterocycles. The minimum atomic E-state index is -1.45. The number of rotatable bonds is 6. The number of benzene rings is 2. The maximum Gasteiger partial charge on any atom is 0.338 e. The lowest BCUT2D eigenvalue weighted by Gasteiger charge is -2.29. The number of anilines is 2. The number of esters is 1. The molecule has 3 aliphatic rings. The van der Waals surface area contributed by atoms with E-state index in [1.54, 1.807) is 31.2 Å². The van der Waals surface area contributed by atoms with Crippen LogP contribution in [-0.4, -0.2) is 42.2 Å². The van der Waals surface area contributed by atoms with E-state index in [9.17, 15) is 24.0 Å². The molecule has 0 aromatic heterocycles. The van der Waals surface area contributed by atoms with E-state index in [2.05, 4.69) is 10.6 Å². The Hall–Kier alpha value is -4.05. The Labute approximate surface area is 200 Å². The van der Waals surface area contributed by atoms with Gasteiger partial charge in [-0.2, -0.15) is 0 Å². The first kappa shape index (κ1) is 22.7. The number of fused-ring (bicyclic) bond motifs is 4. The molecule has 35 heavy (non-hydrogen) atoms. The Bertz CT molecular complexity index is 1260. The Morgan fingerprint density at radius 2 is 1.77 bits per heavy atom. The van der Waals surface area contributed by atoms with E-state index in [0.29, 0.717) is 11.3 Å². The zero-order valence-corrected chi connectivity index (χ0v) is 18.9. The SMILES string of the molecule is CCOC(=O)c1ccc(N2C(=O)[C@H]3[C@@H](CCC(N)=O)N[C@]4(C(=O)Nc5ccccc54)[C@H]3C2=O)cc1. The molecular weight excluding hydrogens is 452 g/mol. The predicted molar refractivity (Wildman–Crippen MR) is 124 cm³/mol. The highest BCUT2D eigenvalue weighted by molar-refractivity contribution is 6.25. The zero-order valence-electron chi connectivity index (χ0n) is 18.9. The smallest absolute Gasteiger partial charge is 0.338 e. The molecule has 10 heteroatoms. The van der Waals surface area contributed by atoms with Crippen LogP contribution in [0.3, 0.4) is 0 Å². The second-order valence-corrected chi connectivity index (χ2v) is 8.85. The highest BCUT2D eigenvalue weighted by Crippen LogP contribution is 2.54. The molecular formula is C25H24N4O6. The van der Waals surface area contributed by atoms with Gasteiger partial charge in [0.25, 0.3) is 0 Å². The first-order valence-electron chi connectivity index (χ1n) is 11.4. The summed E-state index contributed by atoms with van der Waals surface area (Å²) in [4.78, 5) is 65.4. The van der Waals surface area contributed by atoms with Crippen molar-refractivity contribution in [2.75, 3.05) is 16.8 Å². The number of hydrogen-bond acceptors (Lipinski definition) is 7. The van der Waals surface area contributed by atoms with Gasteiger partial charge in [0.05, 0.1) is 29.7 Å². The van der Waals surface area contributed by atoms with Crippen molar-refractivity contribution in [1.29, 1.82) is 0 Å². The van der Waals surface area contributed by atoms with Gasteiger partial charge in [0.1, 0.15) is 5.54 Å². The van der Waals surface area contributed by atoms with Crippen LogP contribution in [0.25, 0.3) is 0 Å². The van der Waals surface area contributed by atoms with E-state index in [0.717, 1.165) is 4.90 Å². The Morgan fingerprint density at radius 3 is 2.46 bits per heavy atom. The van der Waals surface area contributed by atoms with E-state index < -0.39 is 53.0 Å². The van der Waals surface area contributed by atoms with Gasteiger partial charge >= 0.3 is 5.97 Å². The Morgan fingerprint density at radius 1 is 1.06 bits per heavy atom. The van der Waals surface area contributed by atoms with Crippen LogP contribution in [0.5, 0.6) is 0 Å². The highest BCUT2D eigenvalue weighted by atomic mass is 16.5. The third kappa shape index (κ3) is 3.32. The van der Waals surface area contributed by atoms with E-state index in [4.69, 9.17) is 10.5 Å². The van der Waals surface area contributed by atoms with E-state index in [1.807, 2.05) is 0 Å². The average Bonchev–Trinajstić information content (AvgIpc) is 3.42. The van der Waals surface area contributed by atoms with Gasteiger partial charge in [-0.1, -0.05) is 18.2 Å². The van der Waals surface area contributed by atoms with Crippen molar-refractivity contribution in [1.82, 2.24) is 5.32 Å². The van der Waals surface area contributed by atoms with Gasteiger partial charge in [-0.05, 0) is 43.7 Å². The van der Waals surface area contributed by atoms with Crippen LogP contribution in [0.1, 0.15) is 35.7 Å². The summed E-state index contributed by atoms with van der Waals surface area (Å²) >= 11 is 0. The summed E-state index contributed by atoms with van der Waals surface area (Å²) in [7, 11) is 0. The second-order valence-electron chi connectivity index (χ2n) is 8.85.